The second-order valence-corrected chi connectivity index (χ2v) is 8.77. The highest BCUT2D eigenvalue weighted by Gasteiger charge is 2.58. The van der Waals surface area contributed by atoms with E-state index in [0.717, 1.165) is 35.8 Å². The number of halogens is 1. The molecule has 0 spiro atoms. The lowest BCUT2D eigenvalue weighted by Crippen LogP contribution is -2.60. The zero-order valence-electron chi connectivity index (χ0n) is 13.4. The molecule has 4 bridgehead atoms. The number of rotatable bonds is 4. The Bertz CT molecular complexity index is 563. The molecule has 2 heteroatoms. The van der Waals surface area contributed by atoms with Crippen molar-refractivity contribution in [2.45, 2.75) is 51.0 Å². The Kier molecular flexibility index (Phi) is 3.79. The van der Waals surface area contributed by atoms with Gasteiger partial charge in [0.05, 0.1) is 3.57 Å². The first kappa shape index (κ1) is 15.0. The van der Waals surface area contributed by atoms with Gasteiger partial charge in [0.15, 0.2) is 0 Å². The molecule has 0 aromatic heterocycles. The van der Waals surface area contributed by atoms with Gasteiger partial charge in [0.25, 0.3) is 0 Å². The van der Waals surface area contributed by atoms with Crippen LogP contribution in [0.1, 0.15) is 51.0 Å². The Balaban J connectivity index is 1.66. The fourth-order valence-electron chi connectivity index (χ4n) is 5.73. The summed E-state index contributed by atoms with van der Waals surface area (Å²) in [5.41, 5.74) is 1.27. The lowest BCUT2D eigenvalue weighted by molar-refractivity contribution is -0.158. The SMILES string of the molecule is C=Cc1ccc(OC2(CC)C3CC4CC(C3)CC2C4)c(I)c1. The largest absolute Gasteiger partial charge is 0.486 e. The molecule has 1 nitrogen and oxygen atoms in total. The first-order valence-corrected chi connectivity index (χ1v) is 9.83. The van der Waals surface area contributed by atoms with Crippen LogP contribution in [0.25, 0.3) is 6.08 Å². The third kappa shape index (κ3) is 2.24. The van der Waals surface area contributed by atoms with Crippen LogP contribution in [-0.4, -0.2) is 5.60 Å². The molecule has 1 aromatic rings. The molecule has 0 radical (unpaired) electrons. The summed E-state index contributed by atoms with van der Waals surface area (Å²) in [5.74, 6) is 4.63. The lowest BCUT2D eigenvalue weighted by Gasteiger charge is -2.60. The second kappa shape index (κ2) is 5.54. The van der Waals surface area contributed by atoms with Crippen LogP contribution in [-0.2, 0) is 0 Å². The maximum atomic E-state index is 6.82. The molecule has 118 valence electrons. The molecule has 0 N–H and O–H groups in total. The number of hydrogen-bond acceptors (Lipinski definition) is 1. The first-order valence-electron chi connectivity index (χ1n) is 8.75. The van der Waals surface area contributed by atoms with E-state index in [4.69, 9.17) is 4.74 Å². The molecule has 4 aliphatic carbocycles. The topological polar surface area (TPSA) is 9.23 Å². The van der Waals surface area contributed by atoms with E-state index in [9.17, 15) is 0 Å². The van der Waals surface area contributed by atoms with Gasteiger partial charge in [-0.25, -0.2) is 0 Å². The molecule has 5 rings (SSSR count). The molecular weight excluding hydrogens is 383 g/mol. The zero-order valence-corrected chi connectivity index (χ0v) is 15.5. The highest BCUT2D eigenvalue weighted by molar-refractivity contribution is 14.1. The third-order valence-electron chi connectivity index (χ3n) is 6.56. The van der Waals surface area contributed by atoms with Crippen LogP contribution in [0.4, 0.5) is 0 Å². The van der Waals surface area contributed by atoms with E-state index in [1.54, 1.807) is 0 Å². The van der Waals surface area contributed by atoms with Gasteiger partial charge in [-0.1, -0.05) is 25.6 Å². The van der Waals surface area contributed by atoms with Crippen molar-refractivity contribution in [3.63, 3.8) is 0 Å². The minimum absolute atomic E-state index is 0.100. The molecule has 0 atom stereocenters. The van der Waals surface area contributed by atoms with Crippen LogP contribution in [0.3, 0.4) is 0 Å². The highest BCUT2D eigenvalue weighted by atomic mass is 127. The Morgan fingerprint density at radius 2 is 1.82 bits per heavy atom. The molecule has 4 fully saturated rings. The van der Waals surface area contributed by atoms with Gasteiger partial charge in [-0.05, 0) is 102 Å². The van der Waals surface area contributed by atoms with E-state index in [2.05, 4.69) is 54.3 Å². The lowest BCUT2D eigenvalue weighted by atomic mass is 9.49. The van der Waals surface area contributed by atoms with Crippen molar-refractivity contribution in [2.75, 3.05) is 0 Å². The Hall–Kier alpha value is -0.510. The number of hydrogen-bond donors (Lipinski definition) is 0. The van der Waals surface area contributed by atoms with Gasteiger partial charge in [0.1, 0.15) is 11.4 Å². The van der Waals surface area contributed by atoms with Gasteiger partial charge in [0, 0.05) is 0 Å². The Labute approximate surface area is 147 Å². The van der Waals surface area contributed by atoms with E-state index in [-0.39, 0.29) is 5.60 Å². The number of benzene rings is 1. The van der Waals surface area contributed by atoms with Crippen LogP contribution in [0.5, 0.6) is 5.75 Å². The summed E-state index contributed by atoms with van der Waals surface area (Å²) in [6.07, 6.45) is 10.2. The van der Waals surface area contributed by atoms with E-state index in [1.165, 1.54) is 41.2 Å². The van der Waals surface area contributed by atoms with E-state index >= 15 is 0 Å². The Morgan fingerprint density at radius 1 is 1.18 bits per heavy atom. The average molecular weight is 408 g/mol. The number of ether oxygens (including phenoxy) is 1. The Morgan fingerprint density at radius 3 is 2.32 bits per heavy atom. The van der Waals surface area contributed by atoms with Crippen LogP contribution in [0, 0.1) is 27.2 Å². The predicted molar refractivity (Wildman–Crippen MR) is 99.9 cm³/mol. The maximum Gasteiger partial charge on any atom is 0.133 e. The standard InChI is InChI=1S/C20H25IO/c1-3-13-5-6-19(18(21)12-13)22-20(4-2)16-8-14-7-15(10-16)11-17(20)9-14/h3,5-6,12,14-17H,1,4,7-11H2,2H3. The quantitative estimate of drug-likeness (QED) is 0.562. The molecule has 0 aliphatic heterocycles. The summed E-state index contributed by atoms with van der Waals surface area (Å²) >= 11 is 2.41. The van der Waals surface area contributed by atoms with Crippen LogP contribution < -0.4 is 4.74 Å². The van der Waals surface area contributed by atoms with Gasteiger partial charge in [0.2, 0.25) is 0 Å². The predicted octanol–water partition coefficient (Wildman–Crippen LogP) is 5.92. The van der Waals surface area contributed by atoms with Crippen molar-refractivity contribution < 1.29 is 4.74 Å². The van der Waals surface area contributed by atoms with Crippen molar-refractivity contribution >= 4 is 28.7 Å². The summed E-state index contributed by atoms with van der Waals surface area (Å²) in [7, 11) is 0. The summed E-state index contributed by atoms with van der Waals surface area (Å²) in [5, 5.41) is 0. The summed E-state index contributed by atoms with van der Waals surface area (Å²) < 4.78 is 8.04. The average Bonchev–Trinajstić information content (AvgIpc) is 2.52. The van der Waals surface area contributed by atoms with Crippen molar-refractivity contribution in [2.24, 2.45) is 23.7 Å². The van der Waals surface area contributed by atoms with Gasteiger partial charge in [-0.3, -0.25) is 0 Å². The fraction of sp³-hybridized carbons (Fsp3) is 0.600. The summed E-state index contributed by atoms with van der Waals surface area (Å²) in [4.78, 5) is 0. The first-order chi connectivity index (χ1) is 10.6. The third-order valence-corrected chi connectivity index (χ3v) is 7.41. The van der Waals surface area contributed by atoms with E-state index < -0.39 is 0 Å². The molecule has 22 heavy (non-hydrogen) atoms. The molecule has 4 aliphatic rings. The molecule has 0 saturated heterocycles. The van der Waals surface area contributed by atoms with E-state index in [0.29, 0.717) is 0 Å². The molecule has 0 heterocycles. The van der Waals surface area contributed by atoms with Gasteiger partial charge in [-0.2, -0.15) is 0 Å². The molecule has 1 aromatic carbocycles. The molecule has 4 saturated carbocycles. The van der Waals surface area contributed by atoms with Crippen molar-refractivity contribution in [1.29, 1.82) is 0 Å². The second-order valence-electron chi connectivity index (χ2n) is 7.61. The highest BCUT2D eigenvalue weighted by Crippen LogP contribution is 2.60. The van der Waals surface area contributed by atoms with Crippen molar-refractivity contribution in [1.82, 2.24) is 0 Å². The van der Waals surface area contributed by atoms with Gasteiger partial charge in [-0.15, -0.1) is 0 Å². The summed E-state index contributed by atoms with van der Waals surface area (Å²) in [6, 6.07) is 6.47. The van der Waals surface area contributed by atoms with E-state index in [1.807, 2.05) is 6.08 Å². The summed E-state index contributed by atoms with van der Waals surface area (Å²) in [6.45, 7) is 6.20. The smallest absolute Gasteiger partial charge is 0.133 e. The monoisotopic (exact) mass is 408 g/mol. The maximum absolute atomic E-state index is 6.82. The van der Waals surface area contributed by atoms with Crippen LogP contribution in [0.2, 0.25) is 0 Å². The molecule has 0 amide bonds. The van der Waals surface area contributed by atoms with Crippen molar-refractivity contribution in [3.8, 4) is 5.75 Å². The normalized spacial score (nSPS) is 39.0. The molecular formula is C20H25IO. The van der Waals surface area contributed by atoms with Crippen LogP contribution >= 0.6 is 22.6 Å². The zero-order chi connectivity index (χ0) is 15.3. The fourth-order valence-corrected chi connectivity index (χ4v) is 6.38. The van der Waals surface area contributed by atoms with Crippen LogP contribution in [0.15, 0.2) is 24.8 Å². The van der Waals surface area contributed by atoms with Gasteiger partial charge >= 0.3 is 0 Å². The molecule has 0 unspecified atom stereocenters. The minimum atomic E-state index is 0.100. The minimum Gasteiger partial charge on any atom is -0.486 e. The van der Waals surface area contributed by atoms with Gasteiger partial charge < -0.3 is 4.74 Å². The van der Waals surface area contributed by atoms with Crippen molar-refractivity contribution in [3.05, 3.63) is 33.9 Å².